The van der Waals surface area contributed by atoms with Crippen LogP contribution in [0.5, 0.6) is 0 Å². The Morgan fingerprint density at radius 2 is 1.41 bits per heavy atom. The maximum absolute atomic E-state index is 2.45. The van der Waals surface area contributed by atoms with Gasteiger partial charge in [0.1, 0.15) is 17.4 Å². The predicted octanol–water partition coefficient (Wildman–Crippen LogP) is 5.37. The van der Waals surface area contributed by atoms with Crippen LogP contribution < -0.4 is 4.40 Å². The Labute approximate surface area is 168 Å². The molecule has 0 saturated heterocycles. The number of rotatable bonds is 3. The lowest BCUT2D eigenvalue weighted by atomic mass is 10.2. The first-order valence-electron chi connectivity index (χ1n) is 9.91. The maximum atomic E-state index is 2.45. The van der Waals surface area contributed by atoms with Crippen LogP contribution in [0, 0.1) is 0 Å². The molecule has 0 aliphatic rings. The topological polar surface area (TPSA) is 14.0 Å². The van der Waals surface area contributed by atoms with Crippen molar-refractivity contribution in [2.45, 2.75) is 6.54 Å². The van der Waals surface area contributed by atoms with Crippen molar-refractivity contribution in [1.29, 1.82) is 0 Å². The molecule has 3 aromatic heterocycles. The lowest BCUT2D eigenvalue weighted by molar-refractivity contribution is -0.510. The van der Waals surface area contributed by atoms with E-state index in [2.05, 4.69) is 123 Å². The third-order valence-corrected chi connectivity index (χ3v) is 5.68. The zero-order valence-electron chi connectivity index (χ0n) is 15.9. The molecule has 3 heterocycles. The molecule has 29 heavy (non-hydrogen) atoms. The van der Waals surface area contributed by atoms with Crippen molar-refractivity contribution in [3.63, 3.8) is 0 Å². The van der Waals surface area contributed by atoms with Crippen LogP contribution in [0.15, 0.2) is 110 Å². The summed E-state index contributed by atoms with van der Waals surface area (Å²) in [6.45, 7) is 0.848. The van der Waals surface area contributed by atoms with Crippen LogP contribution in [0.1, 0.15) is 5.56 Å². The quantitative estimate of drug-likeness (QED) is 0.370. The molecule has 3 aromatic carbocycles. The number of para-hydroxylation sites is 2. The van der Waals surface area contributed by atoms with Gasteiger partial charge in [-0.05, 0) is 29.8 Å². The fourth-order valence-electron chi connectivity index (χ4n) is 4.33. The fraction of sp³-hybridized carbons (Fsp3) is 0.0385. The molecule has 0 N–H and O–H groups in total. The number of benzene rings is 3. The summed E-state index contributed by atoms with van der Waals surface area (Å²) in [7, 11) is 0. The van der Waals surface area contributed by atoms with Gasteiger partial charge in [0.2, 0.25) is 0 Å². The molecular formula is C26H20N3+. The fourth-order valence-corrected chi connectivity index (χ4v) is 4.33. The summed E-state index contributed by atoms with van der Waals surface area (Å²) >= 11 is 0. The minimum atomic E-state index is 0.848. The standard InChI is InChI=1S/C26H20N3/c1-3-9-20(10-4-1)17-29-24-14-8-7-13-22(24)23-15-16-27-19-28(18-25(27)26(23)29)21-11-5-2-6-12-21/h1-16,18-19H,17H2/q+1. The Kier molecular flexibility index (Phi) is 3.53. The van der Waals surface area contributed by atoms with E-state index in [-0.39, 0.29) is 0 Å². The second kappa shape index (κ2) is 6.35. The Hall–Kier alpha value is -3.85. The lowest BCUT2D eigenvalue weighted by Crippen LogP contribution is -2.18. The Bertz CT molecular complexity index is 1460. The number of aromatic nitrogens is 3. The zero-order valence-corrected chi connectivity index (χ0v) is 15.9. The average molecular weight is 374 g/mol. The summed E-state index contributed by atoms with van der Waals surface area (Å²) in [5, 5.41) is 2.59. The third kappa shape index (κ3) is 2.55. The first kappa shape index (κ1) is 16.1. The molecule has 0 aliphatic heterocycles. The van der Waals surface area contributed by atoms with Crippen LogP contribution >= 0.6 is 0 Å². The van der Waals surface area contributed by atoms with E-state index in [1.165, 1.54) is 32.9 Å². The number of imidazole rings is 1. The highest BCUT2D eigenvalue weighted by Crippen LogP contribution is 2.31. The smallest absolute Gasteiger partial charge is 0.254 e. The second-order valence-corrected chi connectivity index (χ2v) is 7.45. The van der Waals surface area contributed by atoms with E-state index >= 15 is 0 Å². The van der Waals surface area contributed by atoms with Crippen LogP contribution in [-0.2, 0) is 6.54 Å². The van der Waals surface area contributed by atoms with Gasteiger partial charge in [0, 0.05) is 22.8 Å². The molecule has 3 heteroatoms. The molecule has 6 aromatic rings. The SMILES string of the molecule is c1ccc(Cn2c3ccccc3c3cc[n+]4cn(-c5ccccc5)cc4c32)cc1. The van der Waals surface area contributed by atoms with Crippen molar-refractivity contribution < 1.29 is 4.40 Å². The Morgan fingerprint density at radius 1 is 0.690 bits per heavy atom. The van der Waals surface area contributed by atoms with Gasteiger partial charge in [-0.2, -0.15) is 0 Å². The summed E-state index contributed by atoms with van der Waals surface area (Å²) < 4.78 is 6.86. The number of pyridine rings is 1. The largest absolute Gasteiger partial charge is 0.332 e. The van der Waals surface area contributed by atoms with E-state index in [1.807, 2.05) is 0 Å². The number of hydrogen-bond donors (Lipinski definition) is 0. The average Bonchev–Trinajstić information content (AvgIpc) is 3.35. The highest BCUT2D eigenvalue weighted by molar-refractivity contribution is 6.11. The van der Waals surface area contributed by atoms with Crippen LogP contribution in [0.4, 0.5) is 0 Å². The van der Waals surface area contributed by atoms with E-state index < -0.39 is 0 Å². The first-order valence-corrected chi connectivity index (χ1v) is 9.91. The third-order valence-electron chi connectivity index (χ3n) is 5.68. The van der Waals surface area contributed by atoms with Crippen LogP contribution in [0.25, 0.3) is 33.0 Å². The molecular weight excluding hydrogens is 354 g/mol. The summed E-state index contributed by atoms with van der Waals surface area (Å²) in [6, 6.07) is 32.1. The van der Waals surface area contributed by atoms with Gasteiger partial charge in [-0.3, -0.25) is 0 Å². The van der Waals surface area contributed by atoms with Crippen molar-refractivity contribution in [2.75, 3.05) is 0 Å². The van der Waals surface area contributed by atoms with Gasteiger partial charge in [-0.1, -0.05) is 66.7 Å². The van der Waals surface area contributed by atoms with E-state index in [1.54, 1.807) is 0 Å². The molecule has 138 valence electrons. The number of nitrogens with zero attached hydrogens (tertiary/aromatic N) is 3. The minimum Gasteiger partial charge on any atom is -0.332 e. The van der Waals surface area contributed by atoms with Gasteiger partial charge in [0.25, 0.3) is 6.33 Å². The van der Waals surface area contributed by atoms with Crippen molar-refractivity contribution in [1.82, 2.24) is 9.13 Å². The Morgan fingerprint density at radius 3 is 2.24 bits per heavy atom. The molecule has 0 aliphatic carbocycles. The van der Waals surface area contributed by atoms with Gasteiger partial charge < -0.3 is 4.57 Å². The van der Waals surface area contributed by atoms with Gasteiger partial charge in [-0.15, -0.1) is 0 Å². The van der Waals surface area contributed by atoms with Crippen molar-refractivity contribution in [2.24, 2.45) is 0 Å². The van der Waals surface area contributed by atoms with Crippen molar-refractivity contribution >= 4 is 27.3 Å². The van der Waals surface area contributed by atoms with E-state index in [4.69, 9.17) is 0 Å². The summed E-state index contributed by atoms with van der Waals surface area (Å²) in [6.07, 6.45) is 6.54. The molecule has 0 fully saturated rings. The van der Waals surface area contributed by atoms with Crippen LogP contribution in [-0.4, -0.2) is 9.13 Å². The number of hydrogen-bond acceptors (Lipinski definition) is 0. The van der Waals surface area contributed by atoms with Crippen molar-refractivity contribution in [3.05, 3.63) is 115 Å². The van der Waals surface area contributed by atoms with E-state index in [9.17, 15) is 0 Å². The highest BCUT2D eigenvalue weighted by atomic mass is 15.1. The molecule has 0 spiro atoms. The molecule has 0 atom stereocenters. The lowest BCUT2D eigenvalue weighted by Gasteiger charge is -2.07. The van der Waals surface area contributed by atoms with Gasteiger partial charge in [0.15, 0.2) is 5.52 Å². The normalized spacial score (nSPS) is 11.6. The first-order chi connectivity index (χ1) is 14.4. The molecule has 6 rings (SSSR count). The highest BCUT2D eigenvalue weighted by Gasteiger charge is 2.19. The van der Waals surface area contributed by atoms with Gasteiger partial charge in [0.05, 0.1) is 6.20 Å². The minimum absolute atomic E-state index is 0.848. The molecule has 0 radical (unpaired) electrons. The molecule has 0 unspecified atom stereocenters. The molecule has 0 amide bonds. The van der Waals surface area contributed by atoms with Crippen LogP contribution in [0.2, 0.25) is 0 Å². The van der Waals surface area contributed by atoms with Crippen molar-refractivity contribution in [3.8, 4) is 5.69 Å². The summed E-state index contributed by atoms with van der Waals surface area (Å²) in [4.78, 5) is 0. The van der Waals surface area contributed by atoms with Crippen LogP contribution in [0.3, 0.4) is 0 Å². The van der Waals surface area contributed by atoms with E-state index in [0.29, 0.717) is 0 Å². The van der Waals surface area contributed by atoms with Gasteiger partial charge in [-0.25, -0.2) is 8.97 Å². The predicted molar refractivity (Wildman–Crippen MR) is 117 cm³/mol. The summed E-state index contributed by atoms with van der Waals surface area (Å²) in [5.41, 5.74) is 6.22. The molecule has 0 saturated carbocycles. The Balaban J connectivity index is 1.68. The number of fused-ring (bicyclic) bond motifs is 5. The second-order valence-electron chi connectivity index (χ2n) is 7.45. The van der Waals surface area contributed by atoms with E-state index in [0.717, 1.165) is 12.2 Å². The molecule has 3 nitrogen and oxygen atoms in total. The maximum Gasteiger partial charge on any atom is 0.254 e. The monoisotopic (exact) mass is 374 g/mol. The van der Waals surface area contributed by atoms with Gasteiger partial charge >= 0.3 is 0 Å². The zero-order chi connectivity index (χ0) is 19.2. The summed E-state index contributed by atoms with van der Waals surface area (Å²) in [5.74, 6) is 0. The molecule has 0 bridgehead atoms.